The van der Waals surface area contributed by atoms with E-state index in [4.69, 9.17) is 0 Å². The summed E-state index contributed by atoms with van der Waals surface area (Å²) in [6, 6.07) is 10.8. The number of carbonyl (C=O) groups excluding carboxylic acids is 1. The fraction of sp³-hybridized carbons (Fsp3) is 0.562. The van der Waals surface area contributed by atoms with Gasteiger partial charge in [0.25, 0.3) is 0 Å². The molecule has 0 aliphatic rings. The zero-order valence-corrected chi connectivity index (χ0v) is 11.8. The van der Waals surface area contributed by atoms with Gasteiger partial charge in [-0.1, -0.05) is 51.1 Å². The Morgan fingerprint density at radius 1 is 1.28 bits per heavy atom. The van der Waals surface area contributed by atoms with Gasteiger partial charge in [-0.2, -0.15) is 0 Å². The number of benzene rings is 1. The van der Waals surface area contributed by atoms with E-state index in [2.05, 4.69) is 43.4 Å². The Hall–Kier alpha value is -1.15. The molecule has 0 saturated carbocycles. The fourth-order valence-electron chi connectivity index (χ4n) is 2.14. The van der Waals surface area contributed by atoms with Crippen LogP contribution in [0.1, 0.15) is 47.0 Å². The highest BCUT2D eigenvalue weighted by Gasteiger charge is 2.16. The predicted octanol–water partition coefficient (Wildman–Crippen LogP) is 3.60. The van der Waals surface area contributed by atoms with Crippen LogP contribution in [0.4, 0.5) is 0 Å². The molecule has 18 heavy (non-hydrogen) atoms. The zero-order valence-electron chi connectivity index (χ0n) is 11.8. The van der Waals surface area contributed by atoms with E-state index in [0.717, 1.165) is 19.3 Å². The summed E-state index contributed by atoms with van der Waals surface area (Å²) < 4.78 is 0. The van der Waals surface area contributed by atoms with Gasteiger partial charge in [-0.05, 0) is 24.8 Å². The highest BCUT2D eigenvalue weighted by Crippen LogP contribution is 2.08. The highest BCUT2D eigenvalue weighted by molar-refractivity contribution is 5.83. The molecule has 0 fully saturated rings. The van der Waals surface area contributed by atoms with Crippen molar-refractivity contribution >= 4 is 5.78 Å². The number of carbonyl (C=O) groups is 1. The third-order valence-corrected chi connectivity index (χ3v) is 3.07. The van der Waals surface area contributed by atoms with Gasteiger partial charge in [-0.15, -0.1) is 0 Å². The van der Waals surface area contributed by atoms with E-state index >= 15 is 0 Å². The summed E-state index contributed by atoms with van der Waals surface area (Å²) in [5, 5.41) is 3.37. The minimum atomic E-state index is 0. The SMILES string of the molecule is CCC(=O)[C@H](CCCc1ccccc1)NC(C)C.[HH]. The Bertz CT molecular complexity index is 351. The summed E-state index contributed by atoms with van der Waals surface area (Å²) >= 11 is 0. The highest BCUT2D eigenvalue weighted by atomic mass is 16.1. The van der Waals surface area contributed by atoms with Crippen molar-refractivity contribution in [3.63, 3.8) is 0 Å². The van der Waals surface area contributed by atoms with Crippen LogP contribution < -0.4 is 5.32 Å². The van der Waals surface area contributed by atoms with E-state index in [0.29, 0.717) is 18.2 Å². The summed E-state index contributed by atoms with van der Waals surface area (Å²) in [6.45, 7) is 6.12. The first-order valence-corrected chi connectivity index (χ1v) is 6.96. The first kappa shape index (κ1) is 14.9. The number of nitrogens with one attached hydrogen (secondary N) is 1. The molecule has 0 aliphatic carbocycles. The van der Waals surface area contributed by atoms with E-state index in [9.17, 15) is 4.79 Å². The van der Waals surface area contributed by atoms with E-state index in [-0.39, 0.29) is 7.47 Å². The van der Waals surface area contributed by atoms with Crippen LogP contribution in [0.25, 0.3) is 0 Å². The topological polar surface area (TPSA) is 29.1 Å². The van der Waals surface area contributed by atoms with Gasteiger partial charge < -0.3 is 5.32 Å². The average molecular weight is 249 g/mol. The third kappa shape index (κ3) is 5.46. The first-order chi connectivity index (χ1) is 8.63. The molecule has 0 aromatic heterocycles. The molecular weight excluding hydrogens is 222 g/mol. The van der Waals surface area contributed by atoms with Gasteiger partial charge in [-0.3, -0.25) is 4.79 Å². The summed E-state index contributed by atoms with van der Waals surface area (Å²) in [5.74, 6) is 0.330. The summed E-state index contributed by atoms with van der Waals surface area (Å²) in [4.78, 5) is 11.8. The lowest BCUT2D eigenvalue weighted by Gasteiger charge is -2.19. The molecule has 2 nitrogen and oxygen atoms in total. The maximum atomic E-state index is 11.8. The standard InChI is InChI=1S/C16H25NO.H2/c1-4-16(18)15(17-13(2)3)12-8-11-14-9-6-5-7-10-14;/h5-7,9-10,13,15,17H,4,8,11-12H2,1-3H3;1H/t15-;/m0./s1. The smallest absolute Gasteiger partial charge is 0.149 e. The molecule has 0 saturated heterocycles. The van der Waals surface area contributed by atoms with Gasteiger partial charge in [0.15, 0.2) is 0 Å². The van der Waals surface area contributed by atoms with Crippen LogP contribution in [-0.4, -0.2) is 17.9 Å². The lowest BCUT2D eigenvalue weighted by atomic mass is 10.0. The van der Waals surface area contributed by atoms with E-state index in [1.807, 2.05) is 13.0 Å². The molecule has 0 amide bonds. The van der Waals surface area contributed by atoms with Crippen LogP contribution in [0.2, 0.25) is 0 Å². The summed E-state index contributed by atoms with van der Waals surface area (Å²) in [6.07, 6.45) is 3.66. The van der Waals surface area contributed by atoms with Crippen LogP contribution in [0.15, 0.2) is 30.3 Å². The maximum absolute atomic E-state index is 11.8. The van der Waals surface area contributed by atoms with Gasteiger partial charge in [-0.25, -0.2) is 0 Å². The molecule has 1 N–H and O–H groups in total. The molecule has 0 spiro atoms. The quantitative estimate of drug-likeness (QED) is 0.762. The molecule has 1 aromatic rings. The molecule has 102 valence electrons. The number of hydrogen-bond donors (Lipinski definition) is 1. The fourth-order valence-corrected chi connectivity index (χ4v) is 2.14. The molecule has 0 heterocycles. The second-order valence-corrected chi connectivity index (χ2v) is 5.07. The van der Waals surface area contributed by atoms with Gasteiger partial charge in [0, 0.05) is 13.9 Å². The number of hydrogen-bond acceptors (Lipinski definition) is 2. The molecule has 1 aromatic carbocycles. The Labute approximate surface area is 112 Å². The Kier molecular flexibility index (Phi) is 6.66. The van der Waals surface area contributed by atoms with Crippen molar-refractivity contribution in [2.75, 3.05) is 0 Å². The third-order valence-electron chi connectivity index (χ3n) is 3.07. The number of rotatable bonds is 8. The zero-order chi connectivity index (χ0) is 13.4. The monoisotopic (exact) mass is 249 g/mol. The van der Waals surface area contributed by atoms with E-state index in [1.54, 1.807) is 0 Å². The van der Waals surface area contributed by atoms with Crippen LogP contribution in [0.5, 0.6) is 0 Å². The van der Waals surface area contributed by atoms with Crippen LogP contribution in [-0.2, 0) is 11.2 Å². The second-order valence-electron chi connectivity index (χ2n) is 5.07. The first-order valence-electron chi connectivity index (χ1n) is 6.96. The summed E-state index contributed by atoms with van der Waals surface area (Å²) in [5.41, 5.74) is 1.35. The molecule has 0 bridgehead atoms. The molecule has 2 heteroatoms. The Balaban J connectivity index is 0.00000324. The predicted molar refractivity (Wildman–Crippen MR) is 78.9 cm³/mol. The van der Waals surface area contributed by atoms with Gasteiger partial charge in [0.1, 0.15) is 5.78 Å². The number of Topliss-reactive ketones (excluding diaryl/α,β-unsaturated/α-hetero) is 1. The lowest BCUT2D eigenvalue weighted by molar-refractivity contribution is -0.121. The largest absolute Gasteiger partial charge is 0.305 e. The minimum absolute atomic E-state index is 0. The van der Waals surface area contributed by atoms with Crippen molar-refractivity contribution in [3.05, 3.63) is 35.9 Å². The number of aryl methyl sites for hydroxylation is 1. The minimum Gasteiger partial charge on any atom is -0.305 e. The van der Waals surface area contributed by atoms with Crippen molar-refractivity contribution in [3.8, 4) is 0 Å². The van der Waals surface area contributed by atoms with Crippen molar-refractivity contribution in [2.45, 2.75) is 58.5 Å². The van der Waals surface area contributed by atoms with Crippen molar-refractivity contribution in [1.82, 2.24) is 5.32 Å². The normalized spacial score (nSPS) is 12.7. The Morgan fingerprint density at radius 3 is 2.50 bits per heavy atom. The van der Waals surface area contributed by atoms with Crippen LogP contribution in [0.3, 0.4) is 0 Å². The summed E-state index contributed by atoms with van der Waals surface area (Å²) in [7, 11) is 0. The van der Waals surface area contributed by atoms with Gasteiger partial charge in [0.05, 0.1) is 6.04 Å². The van der Waals surface area contributed by atoms with Crippen LogP contribution >= 0.6 is 0 Å². The molecule has 1 atom stereocenters. The Morgan fingerprint density at radius 2 is 1.94 bits per heavy atom. The second kappa shape index (κ2) is 8.04. The van der Waals surface area contributed by atoms with Crippen molar-refractivity contribution in [2.24, 2.45) is 0 Å². The molecule has 1 rings (SSSR count). The maximum Gasteiger partial charge on any atom is 0.149 e. The number of ketones is 1. The van der Waals surface area contributed by atoms with Crippen molar-refractivity contribution < 1.29 is 6.22 Å². The lowest BCUT2D eigenvalue weighted by Crippen LogP contribution is -2.40. The molecule has 0 unspecified atom stereocenters. The van der Waals surface area contributed by atoms with Gasteiger partial charge in [0.2, 0.25) is 0 Å². The van der Waals surface area contributed by atoms with E-state index < -0.39 is 0 Å². The average Bonchev–Trinajstić information content (AvgIpc) is 2.37. The molecule has 0 aliphatic heterocycles. The van der Waals surface area contributed by atoms with E-state index in [1.165, 1.54) is 5.56 Å². The van der Waals surface area contributed by atoms with Gasteiger partial charge >= 0.3 is 0 Å². The van der Waals surface area contributed by atoms with Crippen LogP contribution in [0, 0.1) is 0 Å². The van der Waals surface area contributed by atoms with Crippen molar-refractivity contribution in [1.29, 1.82) is 0 Å². The molecule has 0 radical (unpaired) electrons. The molecular formula is C16H27NO.